The van der Waals surface area contributed by atoms with Crippen molar-refractivity contribution >= 4 is 21.6 Å². The maximum absolute atomic E-state index is 5.71. The summed E-state index contributed by atoms with van der Waals surface area (Å²) in [5.41, 5.74) is 8.17. The number of nitrogens with two attached hydrogens (primary N) is 1. The van der Waals surface area contributed by atoms with Crippen LogP contribution in [0.1, 0.15) is 5.56 Å². The minimum absolute atomic E-state index is 0.0966. The second kappa shape index (κ2) is 2.50. The van der Waals surface area contributed by atoms with Crippen LogP contribution < -0.4 is 11.1 Å². The van der Waals surface area contributed by atoms with E-state index in [2.05, 4.69) is 27.3 Å². The van der Waals surface area contributed by atoms with Crippen LogP contribution in [0.5, 0.6) is 0 Å². The highest BCUT2D eigenvalue weighted by molar-refractivity contribution is 9.10. The topological polar surface area (TPSA) is 38.0 Å². The van der Waals surface area contributed by atoms with E-state index in [0.29, 0.717) is 0 Å². The summed E-state index contributed by atoms with van der Waals surface area (Å²) < 4.78 is 1.12. The Kier molecular flexibility index (Phi) is 1.62. The molecule has 1 heterocycles. The Morgan fingerprint density at radius 1 is 1.55 bits per heavy atom. The lowest BCUT2D eigenvalue weighted by Gasteiger charge is -2.01. The van der Waals surface area contributed by atoms with Crippen LogP contribution in [0, 0.1) is 0 Å². The van der Waals surface area contributed by atoms with Crippen molar-refractivity contribution < 1.29 is 0 Å². The third kappa shape index (κ3) is 1.26. The normalized spacial score (nSPS) is 21.1. The zero-order valence-electron chi connectivity index (χ0n) is 5.97. The molecule has 1 atom stereocenters. The summed E-state index contributed by atoms with van der Waals surface area (Å²) in [7, 11) is 0. The van der Waals surface area contributed by atoms with Crippen LogP contribution >= 0.6 is 15.9 Å². The molecule has 1 aliphatic heterocycles. The molecule has 58 valence electrons. The summed E-state index contributed by atoms with van der Waals surface area (Å²) in [6, 6.07) is 6.17. The van der Waals surface area contributed by atoms with Crippen LogP contribution in [0.3, 0.4) is 0 Å². The minimum atomic E-state index is 0.0966. The Morgan fingerprint density at radius 2 is 2.36 bits per heavy atom. The Labute approximate surface area is 73.9 Å². The molecular formula is C8H9BrN2. The van der Waals surface area contributed by atoms with Crippen molar-refractivity contribution in [2.24, 2.45) is 5.73 Å². The van der Waals surface area contributed by atoms with Crippen molar-refractivity contribution in [3.8, 4) is 0 Å². The molecule has 0 fully saturated rings. The van der Waals surface area contributed by atoms with Gasteiger partial charge in [-0.25, -0.2) is 0 Å². The van der Waals surface area contributed by atoms with E-state index in [0.717, 1.165) is 10.9 Å². The van der Waals surface area contributed by atoms with E-state index in [1.165, 1.54) is 11.3 Å². The molecule has 1 aromatic rings. The van der Waals surface area contributed by atoms with E-state index in [9.17, 15) is 0 Å². The molecule has 0 spiro atoms. The zero-order chi connectivity index (χ0) is 7.84. The van der Waals surface area contributed by atoms with Gasteiger partial charge in [0, 0.05) is 16.6 Å². The van der Waals surface area contributed by atoms with Gasteiger partial charge in [-0.15, -0.1) is 0 Å². The van der Waals surface area contributed by atoms with Crippen molar-refractivity contribution in [1.29, 1.82) is 0 Å². The lowest BCUT2D eigenvalue weighted by Crippen LogP contribution is -2.25. The highest BCUT2D eigenvalue weighted by atomic mass is 79.9. The fourth-order valence-corrected chi connectivity index (χ4v) is 1.77. The molecule has 0 saturated carbocycles. The van der Waals surface area contributed by atoms with Crippen molar-refractivity contribution in [2.75, 3.05) is 5.32 Å². The van der Waals surface area contributed by atoms with Gasteiger partial charge in [0.05, 0.1) is 6.17 Å². The number of hydrogen-bond acceptors (Lipinski definition) is 2. The van der Waals surface area contributed by atoms with E-state index in [-0.39, 0.29) is 6.17 Å². The average Bonchev–Trinajstić information content (AvgIpc) is 2.27. The fourth-order valence-electron chi connectivity index (χ4n) is 1.36. The van der Waals surface area contributed by atoms with Gasteiger partial charge in [-0.3, -0.25) is 0 Å². The lowest BCUT2D eigenvalue weighted by atomic mass is 10.2. The SMILES string of the molecule is N[C@@H]1Cc2cc(Br)ccc2N1. The molecule has 2 rings (SSSR count). The first kappa shape index (κ1) is 7.13. The minimum Gasteiger partial charge on any atom is -0.370 e. The lowest BCUT2D eigenvalue weighted by molar-refractivity contribution is 0.797. The average molecular weight is 213 g/mol. The van der Waals surface area contributed by atoms with Gasteiger partial charge < -0.3 is 11.1 Å². The molecule has 0 bridgehead atoms. The van der Waals surface area contributed by atoms with Crippen molar-refractivity contribution in [1.82, 2.24) is 0 Å². The number of halogens is 1. The standard InChI is InChI=1S/C8H9BrN2/c9-6-1-2-7-5(3-6)4-8(10)11-7/h1-3,8,11H,4,10H2/t8-/m0/s1. The Balaban J connectivity index is 2.43. The number of rotatable bonds is 0. The molecule has 1 aromatic carbocycles. The van der Waals surface area contributed by atoms with E-state index in [1.54, 1.807) is 0 Å². The summed E-state index contributed by atoms with van der Waals surface area (Å²) >= 11 is 3.42. The molecule has 3 heteroatoms. The van der Waals surface area contributed by atoms with E-state index >= 15 is 0 Å². The number of fused-ring (bicyclic) bond motifs is 1. The predicted octanol–water partition coefficient (Wildman–Crippen LogP) is 1.70. The summed E-state index contributed by atoms with van der Waals surface area (Å²) in [6.45, 7) is 0. The largest absolute Gasteiger partial charge is 0.370 e. The monoisotopic (exact) mass is 212 g/mol. The van der Waals surface area contributed by atoms with Gasteiger partial charge in [-0.2, -0.15) is 0 Å². The highest BCUT2D eigenvalue weighted by Gasteiger charge is 2.15. The maximum atomic E-state index is 5.71. The number of anilines is 1. The Bertz CT molecular complexity index is 285. The maximum Gasteiger partial charge on any atom is 0.0784 e. The molecule has 11 heavy (non-hydrogen) atoms. The predicted molar refractivity (Wildman–Crippen MR) is 49.4 cm³/mol. The zero-order valence-corrected chi connectivity index (χ0v) is 7.56. The molecule has 0 saturated heterocycles. The number of hydrogen-bond donors (Lipinski definition) is 2. The summed E-state index contributed by atoms with van der Waals surface area (Å²) in [5, 5.41) is 3.18. The van der Waals surface area contributed by atoms with Gasteiger partial charge >= 0.3 is 0 Å². The van der Waals surface area contributed by atoms with Crippen LogP contribution in [0.15, 0.2) is 22.7 Å². The van der Waals surface area contributed by atoms with E-state index < -0.39 is 0 Å². The molecule has 0 amide bonds. The Morgan fingerprint density at radius 3 is 3.18 bits per heavy atom. The first-order chi connectivity index (χ1) is 5.25. The first-order valence-electron chi connectivity index (χ1n) is 3.56. The summed E-state index contributed by atoms with van der Waals surface area (Å²) in [5.74, 6) is 0. The number of benzene rings is 1. The van der Waals surface area contributed by atoms with Gasteiger partial charge in [0.25, 0.3) is 0 Å². The molecule has 0 aliphatic carbocycles. The van der Waals surface area contributed by atoms with Gasteiger partial charge in [0.15, 0.2) is 0 Å². The van der Waals surface area contributed by atoms with Gasteiger partial charge in [0.2, 0.25) is 0 Å². The quantitative estimate of drug-likeness (QED) is 0.688. The van der Waals surface area contributed by atoms with E-state index in [4.69, 9.17) is 5.73 Å². The van der Waals surface area contributed by atoms with Gasteiger partial charge in [-0.05, 0) is 23.8 Å². The molecule has 3 N–H and O–H groups in total. The number of nitrogens with one attached hydrogen (secondary N) is 1. The third-order valence-electron chi connectivity index (χ3n) is 1.85. The molecular weight excluding hydrogens is 204 g/mol. The molecule has 2 nitrogen and oxygen atoms in total. The highest BCUT2D eigenvalue weighted by Crippen LogP contribution is 2.26. The van der Waals surface area contributed by atoms with Crippen LogP contribution in [0.4, 0.5) is 5.69 Å². The van der Waals surface area contributed by atoms with E-state index in [1.807, 2.05) is 12.1 Å². The summed E-state index contributed by atoms with van der Waals surface area (Å²) in [4.78, 5) is 0. The molecule has 1 aliphatic rings. The molecule has 0 aromatic heterocycles. The fraction of sp³-hybridized carbons (Fsp3) is 0.250. The van der Waals surface area contributed by atoms with Crippen molar-refractivity contribution in [3.63, 3.8) is 0 Å². The first-order valence-corrected chi connectivity index (χ1v) is 4.35. The van der Waals surface area contributed by atoms with Crippen molar-refractivity contribution in [3.05, 3.63) is 28.2 Å². The van der Waals surface area contributed by atoms with Crippen LogP contribution in [0.2, 0.25) is 0 Å². The van der Waals surface area contributed by atoms with Crippen LogP contribution in [0.25, 0.3) is 0 Å². The summed E-state index contributed by atoms with van der Waals surface area (Å²) in [6.07, 6.45) is 1.02. The van der Waals surface area contributed by atoms with Crippen LogP contribution in [-0.4, -0.2) is 6.17 Å². The van der Waals surface area contributed by atoms with Crippen molar-refractivity contribution in [2.45, 2.75) is 12.6 Å². The second-order valence-corrected chi connectivity index (χ2v) is 3.67. The Hall–Kier alpha value is -0.540. The smallest absolute Gasteiger partial charge is 0.0784 e. The molecule has 0 unspecified atom stereocenters. The van der Waals surface area contributed by atoms with Gasteiger partial charge in [0.1, 0.15) is 0 Å². The third-order valence-corrected chi connectivity index (χ3v) is 2.34. The second-order valence-electron chi connectivity index (χ2n) is 2.76. The van der Waals surface area contributed by atoms with Crippen LogP contribution in [-0.2, 0) is 6.42 Å². The molecule has 0 radical (unpaired) electrons. The van der Waals surface area contributed by atoms with Gasteiger partial charge in [-0.1, -0.05) is 15.9 Å².